The number of hydrogen-bond acceptors (Lipinski definition) is 6. The Bertz CT molecular complexity index is 360. The van der Waals surface area contributed by atoms with Gasteiger partial charge in [-0.1, -0.05) is 13.8 Å². The number of methoxy groups -OCH3 is 1. The third-order valence-corrected chi connectivity index (χ3v) is 5.15. The van der Waals surface area contributed by atoms with Gasteiger partial charge in [-0.15, -0.1) is 0 Å². The monoisotopic (exact) mass is 324 g/mol. The van der Waals surface area contributed by atoms with Gasteiger partial charge >= 0.3 is 17.9 Å². The van der Waals surface area contributed by atoms with Crippen LogP contribution in [-0.2, 0) is 19.1 Å². The second kappa shape index (κ2) is 9.12. The molecular formula is C12H20O6S2. The maximum Gasteiger partial charge on any atom is 0.310 e. The minimum atomic E-state index is -1.04. The zero-order valence-electron chi connectivity index (χ0n) is 11.6. The first-order chi connectivity index (χ1) is 9.26. The molecule has 0 rings (SSSR count). The average molecular weight is 324 g/mol. The van der Waals surface area contributed by atoms with Crippen molar-refractivity contribution in [1.82, 2.24) is 0 Å². The lowest BCUT2D eigenvalue weighted by Crippen LogP contribution is -2.37. The van der Waals surface area contributed by atoms with Crippen molar-refractivity contribution in [2.45, 2.75) is 19.1 Å². The number of esters is 1. The molecule has 0 aromatic rings. The van der Waals surface area contributed by atoms with Crippen LogP contribution in [0.4, 0.5) is 0 Å². The van der Waals surface area contributed by atoms with E-state index in [0.717, 1.165) is 11.8 Å². The normalized spacial score (nSPS) is 16.8. The van der Waals surface area contributed by atoms with E-state index >= 15 is 0 Å². The second-order valence-electron chi connectivity index (χ2n) is 4.48. The van der Waals surface area contributed by atoms with E-state index in [9.17, 15) is 14.4 Å². The number of carbonyl (C=O) groups is 3. The number of rotatable bonds is 9. The molecule has 8 heteroatoms. The Hall–Kier alpha value is -0.890. The molecule has 2 N–H and O–H groups in total. The van der Waals surface area contributed by atoms with Gasteiger partial charge in [-0.25, -0.2) is 0 Å². The fraction of sp³-hybridized carbons (Fsp3) is 0.750. The lowest BCUT2D eigenvalue weighted by molar-refractivity contribution is -0.146. The molecule has 0 radical (unpaired) electrons. The summed E-state index contributed by atoms with van der Waals surface area (Å²) in [6.45, 7) is 3.02. The van der Waals surface area contributed by atoms with Gasteiger partial charge in [-0.3, -0.25) is 14.4 Å². The zero-order chi connectivity index (χ0) is 15.9. The SMILES string of the molecule is COC(=O)C(CS)C(SCC(C)C(=O)O)C(C)C(=O)O. The molecule has 6 nitrogen and oxygen atoms in total. The van der Waals surface area contributed by atoms with Gasteiger partial charge < -0.3 is 14.9 Å². The zero-order valence-corrected chi connectivity index (χ0v) is 13.3. The summed E-state index contributed by atoms with van der Waals surface area (Å²) in [6.07, 6.45) is 0. The highest BCUT2D eigenvalue weighted by atomic mass is 32.2. The lowest BCUT2D eigenvalue weighted by Gasteiger charge is -2.27. The van der Waals surface area contributed by atoms with E-state index in [0.29, 0.717) is 0 Å². The summed E-state index contributed by atoms with van der Waals surface area (Å²) in [5.74, 6) is -4.30. The number of hydrogen-bond donors (Lipinski definition) is 3. The van der Waals surface area contributed by atoms with Gasteiger partial charge in [-0.05, 0) is 0 Å². The van der Waals surface area contributed by atoms with Crippen molar-refractivity contribution in [1.29, 1.82) is 0 Å². The summed E-state index contributed by atoms with van der Waals surface area (Å²) in [5, 5.41) is 17.4. The molecule has 0 aliphatic rings. The quantitative estimate of drug-likeness (QED) is 0.433. The maximum absolute atomic E-state index is 11.7. The fourth-order valence-corrected chi connectivity index (χ4v) is 3.56. The molecule has 0 aromatic carbocycles. The van der Waals surface area contributed by atoms with E-state index in [-0.39, 0.29) is 11.5 Å². The molecule has 0 aromatic heterocycles. The first kappa shape index (κ1) is 19.1. The van der Waals surface area contributed by atoms with E-state index < -0.39 is 40.9 Å². The van der Waals surface area contributed by atoms with Crippen molar-refractivity contribution >= 4 is 42.3 Å². The van der Waals surface area contributed by atoms with Gasteiger partial charge in [0.15, 0.2) is 0 Å². The van der Waals surface area contributed by atoms with Gasteiger partial charge in [-0.2, -0.15) is 24.4 Å². The predicted molar refractivity (Wildman–Crippen MR) is 79.2 cm³/mol. The number of carboxylic acids is 2. The van der Waals surface area contributed by atoms with Crippen LogP contribution >= 0.6 is 24.4 Å². The van der Waals surface area contributed by atoms with Crippen molar-refractivity contribution in [2.75, 3.05) is 18.6 Å². The van der Waals surface area contributed by atoms with Gasteiger partial charge in [0.1, 0.15) is 0 Å². The molecule has 0 heterocycles. The summed E-state index contributed by atoms with van der Waals surface area (Å²) < 4.78 is 4.66. The topological polar surface area (TPSA) is 101 Å². The van der Waals surface area contributed by atoms with Crippen LogP contribution in [0.2, 0.25) is 0 Å². The molecule has 0 aliphatic carbocycles. The van der Waals surface area contributed by atoms with Crippen molar-refractivity contribution in [3.8, 4) is 0 Å². The van der Waals surface area contributed by atoms with E-state index in [1.807, 2.05) is 0 Å². The second-order valence-corrected chi connectivity index (χ2v) is 6.05. The summed E-state index contributed by atoms with van der Waals surface area (Å²) >= 11 is 5.23. The number of ether oxygens (including phenoxy) is 1. The molecule has 4 unspecified atom stereocenters. The molecule has 0 bridgehead atoms. The minimum Gasteiger partial charge on any atom is -0.481 e. The number of carbonyl (C=O) groups excluding carboxylic acids is 1. The van der Waals surface area contributed by atoms with Crippen LogP contribution in [0.1, 0.15) is 13.8 Å². The molecule has 0 spiro atoms. The van der Waals surface area contributed by atoms with Crippen LogP contribution in [0.25, 0.3) is 0 Å². The Morgan fingerprint density at radius 2 is 1.75 bits per heavy atom. The highest BCUT2D eigenvalue weighted by Gasteiger charge is 2.36. The molecule has 4 atom stereocenters. The molecule has 0 fully saturated rings. The summed E-state index contributed by atoms with van der Waals surface area (Å²) in [4.78, 5) is 33.6. The number of carboxylic acid groups (broad SMARTS) is 2. The van der Waals surface area contributed by atoms with Crippen molar-refractivity contribution in [3.63, 3.8) is 0 Å². The van der Waals surface area contributed by atoms with Crippen LogP contribution in [0.15, 0.2) is 0 Å². The molecular weight excluding hydrogens is 304 g/mol. The van der Waals surface area contributed by atoms with Gasteiger partial charge in [0.05, 0.1) is 24.9 Å². The number of aliphatic carboxylic acids is 2. The van der Waals surface area contributed by atoms with Gasteiger partial charge in [0.25, 0.3) is 0 Å². The fourth-order valence-electron chi connectivity index (χ4n) is 1.54. The first-order valence-electron chi connectivity index (χ1n) is 6.02. The third kappa shape index (κ3) is 5.62. The number of thioether (sulfide) groups is 1. The smallest absolute Gasteiger partial charge is 0.310 e. The Labute approximate surface area is 127 Å². The molecule has 0 amide bonds. The van der Waals surface area contributed by atoms with Crippen molar-refractivity contribution in [2.24, 2.45) is 17.8 Å². The highest BCUT2D eigenvalue weighted by Crippen LogP contribution is 2.30. The van der Waals surface area contributed by atoms with Crippen LogP contribution in [-0.4, -0.2) is 52.0 Å². The van der Waals surface area contributed by atoms with E-state index in [1.165, 1.54) is 21.0 Å². The van der Waals surface area contributed by atoms with E-state index in [4.69, 9.17) is 10.2 Å². The van der Waals surface area contributed by atoms with Crippen LogP contribution in [0.5, 0.6) is 0 Å². The maximum atomic E-state index is 11.7. The molecule has 0 saturated carbocycles. The van der Waals surface area contributed by atoms with E-state index in [2.05, 4.69) is 17.4 Å². The van der Waals surface area contributed by atoms with Crippen LogP contribution < -0.4 is 0 Å². The third-order valence-electron chi connectivity index (χ3n) is 2.94. The first-order valence-corrected chi connectivity index (χ1v) is 7.70. The average Bonchev–Trinajstić information content (AvgIpc) is 2.41. The van der Waals surface area contributed by atoms with E-state index in [1.54, 1.807) is 0 Å². The van der Waals surface area contributed by atoms with Crippen LogP contribution in [0, 0.1) is 17.8 Å². The van der Waals surface area contributed by atoms with Crippen LogP contribution in [0.3, 0.4) is 0 Å². The minimum absolute atomic E-state index is 0.142. The molecule has 0 saturated heterocycles. The molecule has 20 heavy (non-hydrogen) atoms. The summed E-state index contributed by atoms with van der Waals surface area (Å²) in [5.41, 5.74) is 0. The Morgan fingerprint density at radius 3 is 2.10 bits per heavy atom. The Kier molecular flexibility index (Phi) is 8.71. The van der Waals surface area contributed by atoms with Gasteiger partial charge in [0, 0.05) is 16.8 Å². The largest absolute Gasteiger partial charge is 0.481 e. The Morgan fingerprint density at radius 1 is 1.20 bits per heavy atom. The molecule has 0 aliphatic heterocycles. The van der Waals surface area contributed by atoms with Crippen molar-refractivity contribution < 1.29 is 29.3 Å². The highest BCUT2D eigenvalue weighted by molar-refractivity contribution is 8.00. The Balaban J connectivity index is 5.01. The summed E-state index contributed by atoms with van der Waals surface area (Å²) in [6, 6.07) is 0. The molecule has 116 valence electrons. The van der Waals surface area contributed by atoms with Crippen molar-refractivity contribution in [3.05, 3.63) is 0 Å². The summed E-state index contributed by atoms with van der Waals surface area (Å²) in [7, 11) is 1.23. The predicted octanol–water partition coefficient (Wildman–Crippen LogP) is 1.25. The number of thiol groups is 1. The standard InChI is InChI=1S/C12H20O6S2/c1-6(10(13)14)5-20-9(7(2)11(15)16)8(4-19)12(17)18-3/h6-9,19H,4-5H2,1-3H3,(H,13,14)(H,15,16). The lowest BCUT2D eigenvalue weighted by atomic mass is 9.96. The van der Waals surface area contributed by atoms with Gasteiger partial charge in [0.2, 0.25) is 0 Å².